The zero-order chi connectivity index (χ0) is 15.5. The summed E-state index contributed by atoms with van der Waals surface area (Å²) in [5.74, 6) is 0.344. The van der Waals surface area contributed by atoms with E-state index in [-0.39, 0.29) is 5.91 Å². The SMILES string of the molecule is CN(C)c1cccc(C(=O)Nc2cc(-c3cccs3)[nH]n2)c1. The molecule has 0 atom stereocenters. The van der Waals surface area contributed by atoms with Crippen LogP contribution >= 0.6 is 11.3 Å². The molecule has 0 unspecified atom stereocenters. The number of nitrogens with zero attached hydrogens (tertiary/aromatic N) is 2. The first kappa shape index (κ1) is 14.3. The molecule has 0 fully saturated rings. The summed E-state index contributed by atoms with van der Waals surface area (Å²) >= 11 is 1.62. The molecular weight excluding hydrogens is 296 g/mol. The van der Waals surface area contributed by atoms with Crippen LogP contribution in [0.1, 0.15) is 10.4 Å². The van der Waals surface area contributed by atoms with Crippen molar-refractivity contribution in [2.24, 2.45) is 0 Å². The van der Waals surface area contributed by atoms with Crippen molar-refractivity contribution in [3.8, 4) is 10.6 Å². The third-order valence-corrected chi connectivity index (χ3v) is 4.13. The number of aromatic amines is 1. The van der Waals surface area contributed by atoms with E-state index in [1.165, 1.54) is 0 Å². The first-order valence-corrected chi connectivity index (χ1v) is 7.69. The van der Waals surface area contributed by atoms with Gasteiger partial charge >= 0.3 is 0 Å². The predicted molar refractivity (Wildman–Crippen MR) is 90.6 cm³/mol. The molecule has 1 aromatic carbocycles. The number of nitrogens with one attached hydrogen (secondary N) is 2. The standard InChI is InChI=1S/C16H16N4OS/c1-20(2)12-6-3-5-11(9-12)16(21)17-15-10-13(18-19-15)14-7-4-8-22-14/h3-10H,1-2H3,(H2,17,18,19,21). The van der Waals surface area contributed by atoms with Crippen LogP contribution in [0.5, 0.6) is 0 Å². The molecule has 2 heterocycles. The van der Waals surface area contributed by atoms with Crippen molar-refractivity contribution in [2.45, 2.75) is 0 Å². The Hall–Kier alpha value is -2.60. The largest absolute Gasteiger partial charge is 0.378 e. The lowest BCUT2D eigenvalue weighted by Gasteiger charge is -2.13. The Morgan fingerprint density at radius 2 is 2.09 bits per heavy atom. The Bertz CT molecular complexity index is 777. The molecule has 0 aliphatic carbocycles. The molecule has 0 saturated heterocycles. The number of carbonyl (C=O) groups excluding carboxylic acids is 1. The van der Waals surface area contributed by atoms with Gasteiger partial charge in [0.15, 0.2) is 5.82 Å². The van der Waals surface area contributed by atoms with Crippen LogP contribution in [-0.2, 0) is 0 Å². The molecule has 0 aliphatic rings. The molecule has 3 rings (SSSR count). The lowest BCUT2D eigenvalue weighted by Crippen LogP contribution is -2.14. The molecule has 0 saturated carbocycles. The summed E-state index contributed by atoms with van der Waals surface area (Å²) in [6.07, 6.45) is 0. The number of hydrogen-bond acceptors (Lipinski definition) is 4. The first-order valence-electron chi connectivity index (χ1n) is 6.81. The predicted octanol–water partition coefficient (Wildman–Crippen LogP) is 3.46. The first-order chi connectivity index (χ1) is 10.6. The van der Waals surface area contributed by atoms with Gasteiger partial charge < -0.3 is 10.2 Å². The molecule has 2 N–H and O–H groups in total. The second-order valence-corrected chi connectivity index (χ2v) is 5.99. The number of aromatic nitrogens is 2. The van der Waals surface area contributed by atoms with E-state index in [1.54, 1.807) is 17.4 Å². The van der Waals surface area contributed by atoms with Gasteiger partial charge in [0.05, 0.1) is 10.6 Å². The van der Waals surface area contributed by atoms with Gasteiger partial charge in [-0.1, -0.05) is 12.1 Å². The summed E-state index contributed by atoms with van der Waals surface area (Å²) in [6, 6.07) is 13.3. The lowest BCUT2D eigenvalue weighted by molar-refractivity contribution is 0.102. The van der Waals surface area contributed by atoms with Gasteiger partial charge in [-0.3, -0.25) is 9.89 Å². The molecular formula is C16H16N4OS. The topological polar surface area (TPSA) is 61.0 Å². The number of H-pyrrole nitrogens is 1. The van der Waals surface area contributed by atoms with Gasteiger partial charge in [0.25, 0.3) is 5.91 Å². The minimum atomic E-state index is -0.173. The number of amides is 1. The molecule has 2 aromatic heterocycles. The Morgan fingerprint density at radius 1 is 1.23 bits per heavy atom. The van der Waals surface area contributed by atoms with Gasteiger partial charge in [-0.2, -0.15) is 5.10 Å². The zero-order valence-electron chi connectivity index (χ0n) is 12.3. The van der Waals surface area contributed by atoms with Crippen molar-refractivity contribution in [1.29, 1.82) is 0 Å². The highest BCUT2D eigenvalue weighted by Gasteiger charge is 2.10. The molecule has 0 bridgehead atoms. The van der Waals surface area contributed by atoms with Crippen molar-refractivity contribution >= 4 is 28.7 Å². The minimum Gasteiger partial charge on any atom is -0.378 e. The molecule has 22 heavy (non-hydrogen) atoms. The van der Waals surface area contributed by atoms with Gasteiger partial charge in [0.2, 0.25) is 0 Å². The van der Waals surface area contributed by atoms with E-state index in [0.717, 1.165) is 16.3 Å². The second-order valence-electron chi connectivity index (χ2n) is 5.04. The van der Waals surface area contributed by atoms with E-state index in [2.05, 4.69) is 15.5 Å². The van der Waals surface area contributed by atoms with Crippen molar-refractivity contribution in [3.63, 3.8) is 0 Å². The Morgan fingerprint density at radius 3 is 2.82 bits per heavy atom. The van der Waals surface area contributed by atoms with E-state index in [9.17, 15) is 4.79 Å². The summed E-state index contributed by atoms with van der Waals surface area (Å²) in [6.45, 7) is 0. The fourth-order valence-electron chi connectivity index (χ4n) is 2.06. The smallest absolute Gasteiger partial charge is 0.256 e. The summed E-state index contributed by atoms with van der Waals surface area (Å²) in [4.78, 5) is 15.3. The Kier molecular flexibility index (Phi) is 3.93. The van der Waals surface area contributed by atoms with Crippen LogP contribution in [0.15, 0.2) is 47.8 Å². The fraction of sp³-hybridized carbons (Fsp3) is 0.125. The highest BCUT2D eigenvalue weighted by molar-refractivity contribution is 7.13. The molecule has 0 spiro atoms. The maximum Gasteiger partial charge on any atom is 0.256 e. The monoisotopic (exact) mass is 312 g/mol. The average molecular weight is 312 g/mol. The lowest BCUT2D eigenvalue weighted by atomic mass is 10.2. The summed E-state index contributed by atoms with van der Waals surface area (Å²) < 4.78 is 0. The minimum absolute atomic E-state index is 0.173. The highest BCUT2D eigenvalue weighted by atomic mass is 32.1. The van der Waals surface area contributed by atoms with Crippen molar-refractivity contribution in [2.75, 3.05) is 24.3 Å². The van der Waals surface area contributed by atoms with E-state index in [1.807, 2.05) is 60.8 Å². The quantitative estimate of drug-likeness (QED) is 0.775. The van der Waals surface area contributed by atoms with Crippen LogP contribution in [0.3, 0.4) is 0 Å². The molecule has 6 heteroatoms. The number of hydrogen-bond donors (Lipinski definition) is 2. The highest BCUT2D eigenvalue weighted by Crippen LogP contribution is 2.24. The molecule has 0 radical (unpaired) electrons. The molecule has 112 valence electrons. The molecule has 3 aromatic rings. The number of carbonyl (C=O) groups is 1. The molecule has 5 nitrogen and oxygen atoms in total. The van der Waals surface area contributed by atoms with Crippen LogP contribution in [0.25, 0.3) is 10.6 Å². The third-order valence-electron chi connectivity index (χ3n) is 3.23. The second kappa shape index (κ2) is 6.03. The van der Waals surface area contributed by atoms with Crippen molar-refractivity contribution < 1.29 is 4.79 Å². The van der Waals surface area contributed by atoms with Crippen LogP contribution in [-0.4, -0.2) is 30.2 Å². The number of benzene rings is 1. The van der Waals surface area contributed by atoms with Crippen LogP contribution < -0.4 is 10.2 Å². The number of anilines is 2. The van der Waals surface area contributed by atoms with Crippen molar-refractivity contribution in [1.82, 2.24) is 10.2 Å². The van der Waals surface area contributed by atoms with Crippen LogP contribution in [0.4, 0.5) is 11.5 Å². The van der Waals surface area contributed by atoms with Gasteiger partial charge in [0.1, 0.15) is 0 Å². The van der Waals surface area contributed by atoms with E-state index >= 15 is 0 Å². The van der Waals surface area contributed by atoms with E-state index < -0.39 is 0 Å². The van der Waals surface area contributed by atoms with Gasteiger partial charge in [-0.15, -0.1) is 11.3 Å². The Labute approximate surface area is 132 Å². The maximum atomic E-state index is 12.3. The average Bonchev–Trinajstić information content (AvgIpc) is 3.18. The zero-order valence-corrected chi connectivity index (χ0v) is 13.1. The van der Waals surface area contributed by atoms with Gasteiger partial charge in [-0.05, 0) is 29.6 Å². The van der Waals surface area contributed by atoms with Crippen LogP contribution in [0.2, 0.25) is 0 Å². The van der Waals surface area contributed by atoms with Gasteiger partial charge in [0, 0.05) is 31.4 Å². The van der Waals surface area contributed by atoms with Crippen LogP contribution in [0, 0.1) is 0 Å². The summed E-state index contributed by atoms with van der Waals surface area (Å²) in [5, 5.41) is 11.9. The number of rotatable bonds is 4. The number of thiophene rings is 1. The summed E-state index contributed by atoms with van der Waals surface area (Å²) in [7, 11) is 3.88. The fourth-order valence-corrected chi connectivity index (χ4v) is 2.75. The Balaban J connectivity index is 1.76. The maximum absolute atomic E-state index is 12.3. The molecule has 1 amide bonds. The third kappa shape index (κ3) is 3.01. The summed E-state index contributed by atoms with van der Waals surface area (Å²) in [5.41, 5.74) is 2.48. The molecule has 0 aliphatic heterocycles. The van der Waals surface area contributed by atoms with Crippen molar-refractivity contribution in [3.05, 3.63) is 53.4 Å². The van der Waals surface area contributed by atoms with E-state index in [4.69, 9.17) is 0 Å². The normalized spacial score (nSPS) is 10.5. The van der Waals surface area contributed by atoms with E-state index in [0.29, 0.717) is 11.4 Å². The van der Waals surface area contributed by atoms with Gasteiger partial charge in [-0.25, -0.2) is 0 Å².